The largest absolute Gasteiger partial charge is 0.384 e. The molecule has 2 aromatic rings. The molecule has 1 aliphatic heterocycles. The van der Waals surface area contributed by atoms with E-state index >= 15 is 0 Å². The van der Waals surface area contributed by atoms with E-state index < -0.39 is 0 Å². The van der Waals surface area contributed by atoms with E-state index in [1.54, 1.807) is 10.7 Å². The number of nitrogens with two attached hydrogens (primary N) is 1. The summed E-state index contributed by atoms with van der Waals surface area (Å²) in [5.41, 5.74) is 6.69. The first-order valence-electron chi connectivity index (χ1n) is 8.98. The number of aromatic nitrogens is 4. The number of anilines is 1. The second-order valence-corrected chi connectivity index (χ2v) is 7.22. The van der Waals surface area contributed by atoms with Gasteiger partial charge in [-0.05, 0) is 38.5 Å². The molecular formula is C17H24N6O2. The first-order valence-corrected chi connectivity index (χ1v) is 8.98. The van der Waals surface area contributed by atoms with Gasteiger partial charge in [0.2, 0.25) is 11.8 Å². The summed E-state index contributed by atoms with van der Waals surface area (Å²) in [6.45, 7) is 3.60. The molecule has 1 saturated carbocycles. The summed E-state index contributed by atoms with van der Waals surface area (Å²) < 4.78 is 6.89. The van der Waals surface area contributed by atoms with Gasteiger partial charge in [0.15, 0.2) is 5.82 Å². The van der Waals surface area contributed by atoms with Crippen molar-refractivity contribution in [3.8, 4) is 0 Å². The lowest BCUT2D eigenvalue weighted by Gasteiger charge is -2.31. The zero-order chi connectivity index (χ0) is 17.4. The van der Waals surface area contributed by atoms with Gasteiger partial charge in [0.1, 0.15) is 12.4 Å². The SMILES string of the molecule is Cc1cc(N)n(CC(=O)N2CCC(Cc3noc(C4CC4)n3)CC2)n1. The van der Waals surface area contributed by atoms with Crippen LogP contribution in [0.4, 0.5) is 5.82 Å². The Labute approximate surface area is 146 Å². The maximum Gasteiger partial charge on any atom is 0.244 e. The van der Waals surface area contributed by atoms with Gasteiger partial charge >= 0.3 is 0 Å². The Hall–Kier alpha value is -2.38. The van der Waals surface area contributed by atoms with E-state index in [1.165, 1.54) is 12.8 Å². The molecule has 1 amide bonds. The van der Waals surface area contributed by atoms with Crippen LogP contribution in [-0.2, 0) is 17.8 Å². The highest BCUT2D eigenvalue weighted by Crippen LogP contribution is 2.39. The average Bonchev–Trinajstić information content (AvgIpc) is 3.26. The number of carbonyl (C=O) groups excluding carboxylic acids is 1. The van der Waals surface area contributed by atoms with Crippen molar-refractivity contribution in [3.63, 3.8) is 0 Å². The molecule has 1 saturated heterocycles. The summed E-state index contributed by atoms with van der Waals surface area (Å²) in [6.07, 6.45) is 5.10. The van der Waals surface area contributed by atoms with Gasteiger partial charge in [0, 0.05) is 31.5 Å². The molecule has 0 atom stereocenters. The molecule has 25 heavy (non-hydrogen) atoms. The highest BCUT2D eigenvalue weighted by molar-refractivity contribution is 5.76. The third kappa shape index (κ3) is 3.67. The highest BCUT2D eigenvalue weighted by atomic mass is 16.5. The van der Waals surface area contributed by atoms with E-state index in [1.807, 2.05) is 11.8 Å². The predicted octanol–water partition coefficient (Wildman–Crippen LogP) is 1.52. The van der Waals surface area contributed by atoms with Gasteiger partial charge in [-0.1, -0.05) is 5.16 Å². The van der Waals surface area contributed by atoms with Crippen LogP contribution in [0.2, 0.25) is 0 Å². The standard InChI is InChI=1S/C17H24N6O2/c1-11-8-14(18)23(20-11)10-16(24)22-6-4-12(5-7-22)9-15-19-17(25-21-15)13-2-3-13/h8,12-13H,2-7,9-10,18H2,1H3. The Kier molecular flexibility index (Phi) is 4.19. The van der Waals surface area contributed by atoms with Crippen LogP contribution >= 0.6 is 0 Å². The third-order valence-corrected chi connectivity index (χ3v) is 5.07. The first-order chi connectivity index (χ1) is 12.1. The molecule has 8 heteroatoms. The van der Waals surface area contributed by atoms with Crippen molar-refractivity contribution in [2.45, 2.75) is 51.5 Å². The fourth-order valence-corrected chi connectivity index (χ4v) is 3.41. The molecule has 1 aliphatic carbocycles. The van der Waals surface area contributed by atoms with Crippen molar-refractivity contribution in [1.82, 2.24) is 24.8 Å². The molecule has 0 radical (unpaired) electrons. The van der Waals surface area contributed by atoms with Gasteiger partial charge in [0.25, 0.3) is 0 Å². The fourth-order valence-electron chi connectivity index (χ4n) is 3.41. The first kappa shape index (κ1) is 16.1. The lowest BCUT2D eigenvalue weighted by atomic mass is 9.93. The maximum atomic E-state index is 12.4. The van der Waals surface area contributed by atoms with E-state index in [2.05, 4.69) is 15.2 Å². The summed E-state index contributed by atoms with van der Waals surface area (Å²) in [5, 5.41) is 8.36. The Balaban J connectivity index is 1.27. The smallest absolute Gasteiger partial charge is 0.244 e. The average molecular weight is 344 g/mol. The zero-order valence-corrected chi connectivity index (χ0v) is 14.5. The van der Waals surface area contributed by atoms with E-state index in [4.69, 9.17) is 10.3 Å². The second kappa shape index (κ2) is 6.50. The van der Waals surface area contributed by atoms with Crippen LogP contribution in [0.1, 0.15) is 49.0 Å². The predicted molar refractivity (Wildman–Crippen MR) is 90.7 cm³/mol. The molecule has 134 valence electrons. The van der Waals surface area contributed by atoms with E-state index in [-0.39, 0.29) is 12.5 Å². The Morgan fingerprint density at radius 2 is 2.08 bits per heavy atom. The van der Waals surface area contributed by atoms with Crippen molar-refractivity contribution in [2.24, 2.45) is 5.92 Å². The molecule has 2 N–H and O–H groups in total. The number of aryl methyl sites for hydroxylation is 1. The van der Waals surface area contributed by atoms with E-state index in [0.29, 0.717) is 17.7 Å². The topological polar surface area (TPSA) is 103 Å². The van der Waals surface area contributed by atoms with Crippen LogP contribution in [0.25, 0.3) is 0 Å². The van der Waals surface area contributed by atoms with Crippen LogP contribution in [0.3, 0.4) is 0 Å². The molecule has 0 aromatic carbocycles. The fraction of sp³-hybridized carbons (Fsp3) is 0.647. The lowest BCUT2D eigenvalue weighted by Crippen LogP contribution is -2.40. The Morgan fingerprint density at radius 3 is 2.72 bits per heavy atom. The van der Waals surface area contributed by atoms with Crippen LogP contribution in [0, 0.1) is 12.8 Å². The summed E-state index contributed by atoms with van der Waals surface area (Å²) in [6, 6.07) is 1.78. The summed E-state index contributed by atoms with van der Waals surface area (Å²) in [4.78, 5) is 18.9. The molecule has 2 fully saturated rings. The number of amides is 1. The lowest BCUT2D eigenvalue weighted by molar-refractivity contribution is -0.133. The molecule has 0 bridgehead atoms. The number of nitrogens with zero attached hydrogens (tertiary/aromatic N) is 5. The number of hydrogen-bond acceptors (Lipinski definition) is 6. The van der Waals surface area contributed by atoms with Crippen molar-refractivity contribution in [2.75, 3.05) is 18.8 Å². The number of hydrogen-bond donors (Lipinski definition) is 1. The number of piperidine rings is 1. The van der Waals surface area contributed by atoms with Gasteiger partial charge in [-0.2, -0.15) is 10.1 Å². The van der Waals surface area contributed by atoms with Crippen molar-refractivity contribution in [3.05, 3.63) is 23.5 Å². The quantitative estimate of drug-likeness (QED) is 0.882. The van der Waals surface area contributed by atoms with Gasteiger partial charge in [-0.3, -0.25) is 4.79 Å². The number of rotatable bonds is 5. The number of likely N-dealkylation sites (tertiary alicyclic amines) is 1. The maximum absolute atomic E-state index is 12.4. The third-order valence-electron chi connectivity index (χ3n) is 5.07. The minimum absolute atomic E-state index is 0.0730. The molecule has 2 aromatic heterocycles. The molecule has 3 heterocycles. The minimum atomic E-state index is 0.0730. The molecule has 0 spiro atoms. The van der Waals surface area contributed by atoms with Crippen molar-refractivity contribution in [1.29, 1.82) is 0 Å². The molecule has 2 aliphatic rings. The number of nitrogen functional groups attached to an aromatic ring is 1. The summed E-state index contributed by atoms with van der Waals surface area (Å²) in [7, 11) is 0. The monoisotopic (exact) mass is 344 g/mol. The van der Waals surface area contributed by atoms with Crippen LogP contribution < -0.4 is 5.73 Å². The van der Waals surface area contributed by atoms with Crippen LogP contribution in [0.5, 0.6) is 0 Å². The van der Waals surface area contributed by atoms with Crippen molar-refractivity contribution >= 4 is 11.7 Å². The normalized spacial score (nSPS) is 18.7. The van der Waals surface area contributed by atoms with Gasteiger partial charge < -0.3 is 15.2 Å². The Bertz CT molecular complexity index is 755. The molecule has 4 rings (SSSR count). The van der Waals surface area contributed by atoms with Crippen molar-refractivity contribution < 1.29 is 9.32 Å². The minimum Gasteiger partial charge on any atom is -0.384 e. The van der Waals surface area contributed by atoms with Crippen LogP contribution in [-0.4, -0.2) is 43.8 Å². The Morgan fingerprint density at radius 1 is 1.32 bits per heavy atom. The second-order valence-electron chi connectivity index (χ2n) is 7.22. The van der Waals surface area contributed by atoms with E-state index in [9.17, 15) is 4.79 Å². The summed E-state index contributed by atoms with van der Waals surface area (Å²) in [5.74, 6) is 3.22. The molecular weight excluding hydrogens is 320 g/mol. The van der Waals surface area contributed by atoms with Gasteiger partial charge in [-0.25, -0.2) is 4.68 Å². The van der Waals surface area contributed by atoms with E-state index in [0.717, 1.165) is 49.8 Å². The summed E-state index contributed by atoms with van der Waals surface area (Å²) >= 11 is 0. The highest BCUT2D eigenvalue weighted by Gasteiger charge is 2.30. The molecule has 8 nitrogen and oxygen atoms in total. The van der Waals surface area contributed by atoms with Gasteiger partial charge in [0.05, 0.1) is 5.69 Å². The van der Waals surface area contributed by atoms with Gasteiger partial charge in [-0.15, -0.1) is 0 Å². The number of carbonyl (C=O) groups is 1. The molecule has 0 unspecified atom stereocenters. The zero-order valence-electron chi connectivity index (χ0n) is 14.5. The van der Waals surface area contributed by atoms with Crippen LogP contribution in [0.15, 0.2) is 10.6 Å².